The molecular formula is C10H9FOS. The van der Waals surface area contributed by atoms with Crippen LogP contribution < -0.4 is 4.74 Å². The van der Waals surface area contributed by atoms with Crippen molar-refractivity contribution in [2.45, 2.75) is 0 Å². The summed E-state index contributed by atoms with van der Waals surface area (Å²) in [6.07, 6.45) is 0. The van der Waals surface area contributed by atoms with Crippen molar-refractivity contribution in [3.8, 4) is 17.6 Å². The zero-order chi connectivity index (χ0) is 9.68. The van der Waals surface area contributed by atoms with Crippen molar-refractivity contribution in [2.75, 3.05) is 12.9 Å². The molecule has 0 aromatic heterocycles. The molecule has 0 aliphatic heterocycles. The summed E-state index contributed by atoms with van der Waals surface area (Å²) in [5.41, 5.74) is 0.341. The average molecular weight is 196 g/mol. The second-order valence-electron chi connectivity index (χ2n) is 2.31. The van der Waals surface area contributed by atoms with E-state index in [2.05, 4.69) is 24.5 Å². The maximum atomic E-state index is 13.0. The summed E-state index contributed by atoms with van der Waals surface area (Å²) in [7, 11) is 1.53. The molecule has 68 valence electrons. The average Bonchev–Trinajstić information content (AvgIpc) is 2.17. The molecule has 1 rings (SSSR count). The van der Waals surface area contributed by atoms with Crippen LogP contribution in [0.4, 0.5) is 4.39 Å². The van der Waals surface area contributed by atoms with E-state index in [0.29, 0.717) is 17.1 Å². The Kier molecular flexibility index (Phi) is 3.66. The van der Waals surface area contributed by atoms with Gasteiger partial charge in [0.05, 0.1) is 18.4 Å². The molecular weight excluding hydrogens is 187 g/mol. The molecule has 0 spiro atoms. The number of hydrogen-bond donors (Lipinski definition) is 1. The molecule has 1 nitrogen and oxygen atoms in total. The molecule has 0 fully saturated rings. The summed E-state index contributed by atoms with van der Waals surface area (Å²) in [5.74, 6) is 6.01. The molecule has 13 heavy (non-hydrogen) atoms. The summed E-state index contributed by atoms with van der Waals surface area (Å²) in [6, 6.07) is 4.45. The molecule has 0 unspecified atom stereocenters. The molecule has 1 aromatic rings. The predicted octanol–water partition coefficient (Wildman–Crippen LogP) is 2.12. The number of methoxy groups -OCH3 is 1. The fourth-order valence-corrected chi connectivity index (χ4v) is 0.941. The van der Waals surface area contributed by atoms with Crippen molar-refractivity contribution in [3.63, 3.8) is 0 Å². The van der Waals surface area contributed by atoms with E-state index in [1.165, 1.54) is 13.2 Å². The highest BCUT2D eigenvalue weighted by atomic mass is 32.1. The van der Waals surface area contributed by atoms with Gasteiger partial charge in [-0.3, -0.25) is 0 Å². The van der Waals surface area contributed by atoms with E-state index >= 15 is 0 Å². The lowest BCUT2D eigenvalue weighted by atomic mass is 10.2. The van der Waals surface area contributed by atoms with Gasteiger partial charge in [0.15, 0.2) is 0 Å². The zero-order valence-electron chi connectivity index (χ0n) is 7.17. The van der Waals surface area contributed by atoms with E-state index in [0.717, 1.165) is 0 Å². The van der Waals surface area contributed by atoms with Gasteiger partial charge in [0.2, 0.25) is 0 Å². The van der Waals surface area contributed by atoms with Crippen LogP contribution >= 0.6 is 12.6 Å². The van der Waals surface area contributed by atoms with Gasteiger partial charge in [-0.2, -0.15) is 12.6 Å². The van der Waals surface area contributed by atoms with Gasteiger partial charge in [-0.1, -0.05) is 11.8 Å². The first-order chi connectivity index (χ1) is 6.27. The summed E-state index contributed by atoms with van der Waals surface area (Å²) in [5, 5.41) is 0. The van der Waals surface area contributed by atoms with Crippen molar-refractivity contribution in [1.29, 1.82) is 0 Å². The van der Waals surface area contributed by atoms with Crippen molar-refractivity contribution in [1.82, 2.24) is 0 Å². The first-order valence-corrected chi connectivity index (χ1v) is 4.34. The Morgan fingerprint density at radius 3 is 2.92 bits per heavy atom. The Balaban J connectivity index is 3.04. The lowest BCUT2D eigenvalue weighted by Gasteiger charge is -1.99. The van der Waals surface area contributed by atoms with Crippen molar-refractivity contribution in [3.05, 3.63) is 29.6 Å². The molecule has 1 aromatic carbocycles. The van der Waals surface area contributed by atoms with E-state index < -0.39 is 0 Å². The first kappa shape index (κ1) is 9.94. The van der Waals surface area contributed by atoms with Crippen LogP contribution in [0.2, 0.25) is 0 Å². The van der Waals surface area contributed by atoms with E-state index in [1.54, 1.807) is 12.1 Å². The highest BCUT2D eigenvalue weighted by Crippen LogP contribution is 2.15. The third-order valence-electron chi connectivity index (χ3n) is 1.48. The molecule has 0 amide bonds. The minimum absolute atomic E-state index is 0.338. The highest BCUT2D eigenvalue weighted by molar-refractivity contribution is 7.80. The standard InChI is InChI=1S/C10H9FOS/c1-12-9-4-5-10(11)8(7-9)3-2-6-13/h4-5,7,13H,6H2,1H3. The van der Waals surface area contributed by atoms with Crippen LogP contribution in [0.1, 0.15) is 5.56 Å². The molecule has 3 heteroatoms. The normalized spacial score (nSPS) is 8.85. The fraction of sp³-hybridized carbons (Fsp3) is 0.200. The Bertz CT molecular complexity index is 352. The minimum atomic E-state index is -0.338. The van der Waals surface area contributed by atoms with Gasteiger partial charge in [-0.05, 0) is 18.2 Å². The van der Waals surface area contributed by atoms with Crippen molar-refractivity contribution >= 4 is 12.6 Å². The number of hydrogen-bond acceptors (Lipinski definition) is 2. The number of rotatable bonds is 1. The molecule has 0 saturated carbocycles. The van der Waals surface area contributed by atoms with Crippen molar-refractivity contribution < 1.29 is 9.13 Å². The van der Waals surface area contributed by atoms with E-state index in [4.69, 9.17) is 4.74 Å². The third kappa shape index (κ3) is 2.67. The lowest BCUT2D eigenvalue weighted by molar-refractivity contribution is 0.413. The summed E-state index contributed by atoms with van der Waals surface area (Å²) < 4.78 is 18.0. The van der Waals surface area contributed by atoms with Gasteiger partial charge in [-0.15, -0.1) is 0 Å². The maximum absolute atomic E-state index is 13.0. The van der Waals surface area contributed by atoms with Crippen LogP contribution in [0.5, 0.6) is 5.75 Å². The number of thiol groups is 1. The Morgan fingerprint density at radius 1 is 1.54 bits per heavy atom. The van der Waals surface area contributed by atoms with Gasteiger partial charge in [-0.25, -0.2) is 4.39 Å². The second kappa shape index (κ2) is 4.78. The monoisotopic (exact) mass is 196 g/mol. The molecule has 0 radical (unpaired) electrons. The first-order valence-electron chi connectivity index (χ1n) is 3.71. The second-order valence-corrected chi connectivity index (χ2v) is 2.62. The quantitative estimate of drug-likeness (QED) is 0.534. The molecule has 0 heterocycles. The van der Waals surface area contributed by atoms with E-state index in [1.807, 2.05) is 0 Å². The van der Waals surface area contributed by atoms with Crippen LogP contribution in [0.25, 0.3) is 0 Å². The maximum Gasteiger partial charge on any atom is 0.139 e. The third-order valence-corrected chi connectivity index (χ3v) is 1.63. The lowest BCUT2D eigenvalue weighted by Crippen LogP contribution is -1.87. The SMILES string of the molecule is COc1ccc(F)c(C#CCS)c1. The predicted molar refractivity (Wildman–Crippen MR) is 53.7 cm³/mol. The molecule has 0 N–H and O–H groups in total. The van der Waals surface area contributed by atoms with Crippen molar-refractivity contribution in [2.24, 2.45) is 0 Å². The molecule has 0 aliphatic rings. The number of ether oxygens (including phenoxy) is 1. The molecule has 0 aliphatic carbocycles. The number of benzene rings is 1. The number of halogens is 1. The van der Waals surface area contributed by atoms with E-state index in [-0.39, 0.29) is 5.82 Å². The Hall–Kier alpha value is -1.14. The minimum Gasteiger partial charge on any atom is -0.497 e. The van der Waals surface area contributed by atoms with Crippen LogP contribution in [-0.4, -0.2) is 12.9 Å². The fourth-order valence-electron chi connectivity index (χ4n) is 0.862. The van der Waals surface area contributed by atoms with Gasteiger partial charge in [0.1, 0.15) is 11.6 Å². The van der Waals surface area contributed by atoms with Crippen LogP contribution in [-0.2, 0) is 0 Å². The van der Waals surface area contributed by atoms with Gasteiger partial charge in [0, 0.05) is 0 Å². The van der Waals surface area contributed by atoms with Crippen LogP contribution in [0.3, 0.4) is 0 Å². The van der Waals surface area contributed by atoms with Crippen LogP contribution in [0.15, 0.2) is 18.2 Å². The van der Waals surface area contributed by atoms with Gasteiger partial charge in [0.25, 0.3) is 0 Å². The van der Waals surface area contributed by atoms with E-state index in [9.17, 15) is 4.39 Å². The van der Waals surface area contributed by atoms with Crippen LogP contribution in [0, 0.1) is 17.7 Å². The summed E-state index contributed by atoms with van der Waals surface area (Å²) in [4.78, 5) is 0. The zero-order valence-corrected chi connectivity index (χ0v) is 8.07. The molecule has 0 saturated heterocycles. The highest BCUT2D eigenvalue weighted by Gasteiger charge is 1.99. The summed E-state index contributed by atoms with van der Waals surface area (Å²) >= 11 is 3.91. The smallest absolute Gasteiger partial charge is 0.139 e. The summed E-state index contributed by atoms with van der Waals surface area (Å²) in [6.45, 7) is 0. The Labute approximate surface area is 82.3 Å². The van der Waals surface area contributed by atoms with Gasteiger partial charge < -0.3 is 4.74 Å². The Morgan fingerprint density at radius 2 is 2.31 bits per heavy atom. The molecule has 0 bridgehead atoms. The largest absolute Gasteiger partial charge is 0.497 e. The van der Waals surface area contributed by atoms with Gasteiger partial charge >= 0.3 is 0 Å². The topological polar surface area (TPSA) is 9.23 Å². The molecule has 0 atom stereocenters.